The van der Waals surface area contributed by atoms with Gasteiger partial charge in [-0.3, -0.25) is 15.0 Å². The summed E-state index contributed by atoms with van der Waals surface area (Å²) in [7, 11) is 0. The molecule has 1 amide bonds. The molecule has 172 valence electrons. The van der Waals surface area contributed by atoms with Gasteiger partial charge in [-0.05, 0) is 57.2 Å². The Labute approximate surface area is 191 Å². The molecule has 1 heterocycles. The maximum absolute atomic E-state index is 14.4. The fourth-order valence-electron chi connectivity index (χ4n) is 5.00. The molecule has 1 N–H and O–H groups in total. The van der Waals surface area contributed by atoms with Crippen LogP contribution in [0.4, 0.5) is 20.6 Å². The summed E-state index contributed by atoms with van der Waals surface area (Å²) in [4.78, 5) is 25.2. The van der Waals surface area contributed by atoms with Crippen molar-refractivity contribution in [3.05, 3.63) is 69.5 Å². The fourth-order valence-corrected chi connectivity index (χ4v) is 5.00. The lowest BCUT2D eigenvalue weighted by molar-refractivity contribution is -0.386. The van der Waals surface area contributed by atoms with Gasteiger partial charge in [-0.2, -0.15) is 9.65 Å². The monoisotopic (exact) mass is 452 g/mol. The molecule has 2 aromatic rings. The molecular formula is C24H25FN4O4. The summed E-state index contributed by atoms with van der Waals surface area (Å²) in [5.74, 6) is -1.13. The first-order valence-electron chi connectivity index (χ1n) is 10.9. The minimum absolute atomic E-state index is 0.0322. The summed E-state index contributed by atoms with van der Waals surface area (Å²) in [5, 5.41) is 23.4. The van der Waals surface area contributed by atoms with Gasteiger partial charge in [0.15, 0.2) is 0 Å². The second kappa shape index (κ2) is 8.70. The maximum atomic E-state index is 14.4. The summed E-state index contributed by atoms with van der Waals surface area (Å²) < 4.78 is 20.1. The summed E-state index contributed by atoms with van der Waals surface area (Å²) in [5.41, 5.74) is -0.682. The normalized spacial score (nSPS) is 24.1. The van der Waals surface area contributed by atoms with E-state index in [1.165, 1.54) is 12.1 Å². The molecule has 0 spiro atoms. The van der Waals surface area contributed by atoms with E-state index in [0.29, 0.717) is 25.7 Å². The number of hydrogen-bond acceptors (Lipinski definition) is 6. The first-order valence-corrected chi connectivity index (χ1v) is 10.9. The van der Waals surface area contributed by atoms with E-state index < -0.39 is 22.0 Å². The molecule has 8 nitrogen and oxygen atoms in total. The molecule has 1 saturated heterocycles. The van der Waals surface area contributed by atoms with E-state index in [9.17, 15) is 19.3 Å². The number of nitriles is 1. The molecule has 9 heteroatoms. The van der Waals surface area contributed by atoms with Crippen LogP contribution in [0.2, 0.25) is 0 Å². The van der Waals surface area contributed by atoms with Gasteiger partial charge in [0.05, 0.1) is 16.5 Å². The van der Waals surface area contributed by atoms with Gasteiger partial charge in [-0.1, -0.05) is 30.3 Å². The number of rotatable bonds is 5. The lowest BCUT2D eigenvalue weighted by Crippen LogP contribution is -2.44. The van der Waals surface area contributed by atoms with Crippen LogP contribution in [0.15, 0.2) is 42.5 Å². The van der Waals surface area contributed by atoms with Crippen LogP contribution in [0, 0.1) is 27.3 Å². The van der Waals surface area contributed by atoms with Crippen LogP contribution in [-0.4, -0.2) is 33.6 Å². The molecule has 1 atom stereocenters. The SMILES string of the molecule is CC1(C)OC(=O)N(C2CCC(Nc3ccc(C#N)c(F)c3[N+](=O)[O-])CC2)[C@H]1c1ccccc1. The zero-order chi connectivity index (χ0) is 23.8. The Kier molecular flexibility index (Phi) is 5.93. The maximum Gasteiger partial charge on any atom is 0.411 e. The topological polar surface area (TPSA) is 108 Å². The lowest BCUT2D eigenvalue weighted by Gasteiger charge is -2.38. The number of nitro benzene ring substituents is 1. The van der Waals surface area contributed by atoms with Crippen molar-refractivity contribution in [2.45, 2.75) is 63.3 Å². The molecule has 1 aliphatic heterocycles. The quantitative estimate of drug-likeness (QED) is 0.487. The number of ether oxygens (including phenoxy) is 1. The highest BCUT2D eigenvalue weighted by Crippen LogP contribution is 2.44. The van der Waals surface area contributed by atoms with Gasteiger partial charge in [0.2, 0.25) is 5.82 Å². The number of cyclic esters (lactones) is 1. The first-order chi connectivity index (χ1) is 15.7. The Morgan fingerprint density at radius 3 is 2.45 bits per heavy atom. The molecule has 1 saturated carbocycles. The summed E-state index contributed by atoms with van der Waals surface area (Å²) in [6.45, 7) is 3.82. The van der Waals surface area contributed by atoms with Crippen LogP contribution in [0.25, 0.3) is 0 Å². The number of hydrogen-bond donors (Lipinski definition) is 1. The third-order valence-electron chi connectivity index (χ3n) is 6.48. The van der Waals surface area contributed by atoms with Crippen molar-refractivity contribution in [1.29, 1.82) is 5.26 Å². The van der Waals surface area contributed by atoms with Gasteiger partial charge >= 0.3 is 11.8 Å². The molecule has 2 fully saturated rings. The zero-order valence-electron chi connectivity index (χ0n) is 18.5. The van der Waals surface area contributed by atoms with Crippen LogP contribution < -0.4 is 5.32 Å². The Morgan fingerprint density at radius 1 is 1.18 bits per heavy atom. The minimum atomic E-state index is -1.13. The van der Waals surface area contributed by atoms with E-state index in [1.54, 1.807) is 6.07 Å². The van der Waals surface area contributed by atoms with E-state index in [2.05, 4.69) is 5.32 Å². The van der Waals surface area contributed by atoms with E-state index in [-0.39, 0.29) is 35.5 Å². The van der Waals surface area contributed by atoms with Gasteiger partial charge in [0, 0.05) is 12.1 Å². The van der Waals surface area contributed by atoms with Crippen LogP contribution in [0.1, 0.15) is 56.7 Å². The molecule has 0 unspecified atom stereocenters. The van der Waals surface area contributed by atoms with Crippen molar-refractivity contribution in [3.8, 4) is 6.07 Å². The Balaban J connectivity index is 1.49. The number of benzene rings is 2. The van der Waals surface area contributed by atoms with Crippen molar-refractivity contribution in [3.63, 3.8) is 0 Å². The highest BCUT2D eigenvalue weighted by Gasteiger charge is 2.51. The number of nitro groups is 1. The molecule has 0 aromatic heterocycles. The van der Waals surface area contributed by atoms with E-state index in [1.807, 2.05) is 49.1 Å². The number of amides is 1. The van der Waals surface area contributed by atoms with E-state index in [0.717, 1.165) is 5.56 Å². The molecule has 1 aliphatic carbocycles. The summed E-state index contributed by atoms with van der Waals surface area (Å²) >= 11 is 0. The second-order valence-corrected chi connectivity index (χ2v) is 9.03. The predicted molar refractivity (Wildman–Crippen MR) is 119 cm³/mol. The Bertz CT molecular complexity index is 1110. The van der Waals surface area contributed by atoms with Crippen molar-refractivity contribution in [2.75, 3.05) is 5.32 Å². The highest BCUT2D eigenvalue weighted by atomic mass is 19.1. The Morgan fingerprint density at radius 2 is 1.85 bits per heavy atom. The molecule has 2 aromatic carbocycles. The summed E-state index contributed by atoms with van der Waals surface area (Å²) in [6.07, 6.45) is 2.32. The van der Waals surface area contributed by atoms with Gasteiger partial charge < -0.3 is 10.1 Å². The standard InChI is InChI=1S/C24H25FN4O4/c1-24(2)22(15-6-4-3-5-7-15)28(23(30)33-24)18-11-9-17(10-12-18)27-19-13-8-16(14-26)20(25)21(19)29(31)32/h3-8,13,17-18,22,27H,9-12H2,1-2H3/t17?,18?,22-/m0/s1. The molecule has 4 rings (SSSR count). The molecular weight excluding hydrogens is 427 g/mol. The number of nitrogens with one attached hydrogen (secondary N) is 1. The molecule has 33 heavy (non-hydrogen) atoms. The van der Waals surface area contributed by atoms with E-state index >= 15 is 0 Å². The molecule has 0 bridgehead atoms. The van der Waals surface area contributed by atoms with Crippen molar-refractivity contribution in [2.24, 2.45) is 0 Å². The number of carbonyl (C=O) groups excluding carboxylic acids is 1. The third-order valence-corrected chi connectivity index (χ3v) is 6.48. The number of anilines is 1. The average Bonchev–Trinajstić information content (AvgIpc) is 3.03. The molecule has 2 aliphatic rings. The minimum Gasteiger partial charge on any atom is -0.441 e. The largest absolute Gasteiger partial charge is 0.441 e. The zero-order valence-corrected chi connectivity index (χ0v) is 18.5. The molecule has 0 radical (unpaired) electrons. The van der Waals surface area contributed by atoms with Gasteiger partial charge in [0.25, 0.3) is 0 Å². The van der Waals surface area contributed by atoms with Crippen LogP contribution >= 0.6 is 0 Å². The average molecular weight is 452 g/mol. The van der Waals surface area contributed by atoms with Gasteiger partial charge in [-0.15, -0.1) is 0 Å². The Hall–Kier alpha value is -3.67. The van der Waals surface area contributed by atoms with Gasteiger partial charge in [0.1, 0.15) is 17.4 Å². The smallest absolute Gasteiger partial charge is 0.411 e. The predicted octanol–water partition coefficient (Wildman–Crippen LogP) is 5.30. The van der Waals surface area contributed by atoms with Crippen LogP contribution in [-0.2, 0) is 4.74 Å². The van der Waals surface area contributed by atoms with Crippen LogP contribution in [0.5, 0.6) is 0 Å². The summed E-state index contributed by atoms with van der Waals surface area (Å²) in [6, 6.07) is 13.7. The van der Waals surface area contributed by atoms with Crippen LogP contribution in [0.3, 0.4) is 0 Å². The van der Waals surface area contributed by atoms with Crippen molar-refractivity contribution >= 4 is 17.5 Å². The third kappa shape index (κ3) is 4.21. The number of nitrogens with zero attached hydrogens (tertiary/aromatic N) is 3. The second-order valence-electron chi connectivity index (χ2n) is 9.03. The fraction of sp³-hybridized carbons (Fsp3) is 0.417. The van der Waals surface area contributed by atoms with Crippen molar-refractivity contribution in [1.82, 2.24) is 4.90 Å². The van der Waals surface area contributed by atoms with Crippen molar-refractivity contribution < 1.29 is 18.8 Å². The van der Waals surface area contributed by atoms with Gasteiger partial charge in [-0.25, -0.2) is 4.79 Å². The lowest BCUT2D eigenvalue weighted by atomic mass is 9.86. The highest BCUT2D eigenvalue weighted by molar-refractivity contribution is 5.72. The first kappa shape index (κ1) is 22.5. The number of carbonyl (C=O) groups is 1. The number of halogens is 1. The van der Waals surface area contributed by atoms with E-state index in [4.69, 9.17) is 10.00 Å².